The highest BCUT2D eigenvalue weighted by Gasteiger charge is 2.19. The van der Waals surface area contributed by atoms with E-state index in [-0.39, 0.29) is 0 Å². The largest absolute Gasteiger partial charge is 0.455 e. The third kappa shape index (κ3) is 4.57. The third-order valence-corrected chi connectivity index (χ3v) is 10.0. The molecule has 10 rings (SSSR count). The quantitative estimate of drug-likeness (QED) is 0.175. The van der Waals surface area contributed by atoms with Crippen LogP contribution in [0.4, 0.5) is 17.1 Å². The molecule has 0 spiro atoms. The highest BCUT2D eigenvalue weighted by molar-refractivity contribution is 6.17. The first-order valence-corrected chi connectivity index (χ1v) is 17.1. The van der Waals surface area contributed by atoms with Gasteiger partial charge >= 0.3 is 0 Å². The lowest BCUT2D eigenvalue weighted by Gasteiger charge is -2.28. The maximum absolute atomic E-state index is 6.70. The minimum atomic E-state index is 0.916. The van der Waals surface area contributed by atoms with E-state index in [1.165, 1.54) is 38.1 Å². The molecule has 0 N–H and O–H groups in total. The zero-order valence-corrected chi connectivity index (χ0v) is 27.3. The minimum absolute atomic E-state index is 0.916. The Morgan fingerprint density at radius 1 is 0.320 bits per heavy atom. The molecule has 0 saturated carbocycles. The molecule has 0 aliphatic heterocycles. The minimum Gasteiger partial charge on any atom is -0.455 e. The zero-order valence-electron chi connectivity index (χ0n) is 27.3. The van der Waals surface area contributed by atoms with E-state index in [0.717, 1.165) is 55.5 Å². The van der Waals surface area contributed by atoms with Gasteiger partial charge in [0.2, 0.25) is 0 Å². The van der Waals surface area contributed by atoms with E-state index in [4.69, 9.17) is 4.42 Å². The van der Waals surface area contributed by atoms with Gasteiger partial charge in [0.05, 0.1) is 5.69 Å². The highest BCUT2D eigenvalue weighted by atomic mass is 16.3. The first kappa shape index (κ1) is 28.4. The molecule has 50 heavy (non-hydrogen) atoms. The molecular formula is C48H31NO. The number of anilines is 3. The van der Waals surface area contributed by atoms with Crippen molar-refractivity contribution in [1.82, 2.24) is 0 Å². The Balaban J connectivity index is 1.16. The van der Waals surface area contributed by atoms with Gasteiger partial charge in [-0.25, -0.2) is 0 Å². The summed E-state index contributed by atoms with van der Waals surface area (Å²) >= 11 is 0. The van der Waals surface area contributed by atoms with Crippen LogP contribution < -0.4 is 4.90 Å². The van der Waals surface area contributed by atoms with Gasteiger partial charge in [-0.05, 0) is 74.6 Å². The molecule has 10 aromatic rings. The van der Waals surface area contributed by atoms with E-state index >= 15 is 0 Å². The van der Waals surface area contributed by atoms with Gasteiger partial charge in [-0.3, -0.25) is 0 Å². The summed E-state index contributed by atoms with van der Waals surface area (Å²) in [7, 11) is 0. The second-order valence-electron chi connectivity index (χ2n) is 12.9. The van der Waals surface area contributed by atoms with Gasteiger partial charge in [-0.1, -0.05) is 152 Å². The van der Waals surface area contributed by atoms with Crippen molar-refractivity contribution in [2.24, 2.45) is 0 Å². The fourth-order valence-corrected chi connectivity index (χ4v) is 7.65. The van der Waals surface area contributed by atoms with Gasteiger partial charge in [-0.15, -0.1) is 0 Å². The summed E-state index contributed by atoms with van der Waals surface area (Å²) in [6, 6.07) is 67.5. The van der Waals surface area contributed by atoms with Crippen LogP contribution in [0.1, 0.15) is 0 Å². The Labute approximate surface area is 290 Å². The Kier molecular flexibility index (Phi) is 6.53. The van der Waals surface area contributed by atoms with Crippen molar-refractivity contribution in [2.45, 2.75) is 0 Å². The highest BCUT2D eigenvalue weighted by Crippen LogP contribution is 2.44. The lowest BCUT2D eigenvalue weighted by molar-refractivity contribution is 0.674. The van der Waals surface area contributed by atoms with E-state index in [9.17, 15) is 0 Å². The van der Waals surface area contributed by atoms with Gasteiger partial charge in [0.15, 0.2) is 0 Å². The van der Waals surface area contributed by atoms with Crippen LogP contribution in [0, 0.1) is 0 Å². The van der Waals surface area contributed by atoms with E-state index < -0.39 is 0 Å². The zero-order chi connectivity index (χ0) is 33.0. The summed E-state index contributed by atoms with van der Waals surface area (Å²) in [6.07, 6.45) is 0. The van der Waals surface area contributed by atoms with Crippen LogP contribution in [0.15, 0.2) is 192 Å². The SMILES string of the molecule is c1ccc(-c2cccc(N(c3ccc(-c4cccc5c4oc4c6ccccc6ccc54)cc3)c3cc4ccccc4c4ccccc34)c2)cc1. The van der Waals surface area contributed by atoms with Crippen molar-refractivity contribution in [3.05, 3.63) is 188 Å². The van der Waals surface area contributed by atoms with Crippen molar-refractivity contribution < 1.29 is 4.42 Å². The van der Waals surface area contributed by atoms with E-state index in [1.54, 1.807) is 0 Å². The van der Waals surface area contributed by atoms with Crippen molar-refractivity contribution in [2.75, 3.05) is 4.90 Å². The lowest BCUT2D eigenvalue weighted by atomic mass is 9.98. The Morgan fingerprint density at radius 2 is 0.960 bits per heavy atom. The van der Waals surface area contributed by atoms with E-state index in [1.807, 2.05) is 0 Å². The topological polar surface area (TPSA) is 16.4 Å². The smallest absolute Gasteiger partial charge is 0.143 e. The summed E-state index contributed by atoms with van der Waals surface area (Å²) in [4.78, 5) is 2.40. The van der Waals surface area contributed by atoms with Gasteiger partial charge in [-0.2, -0.15) is 0 Å². The molecule has 0 radical (unpaired) electrons. The molecule has 0 fully saturated rings. The Morgan fingerprint density at radius 3 is 1.80 bits per heavy atom. The number of hydrogen-bond acceptors (Lipinski definition) is 2. The molecule has 9 aromatic carbocycles. The van der Waals surface area contributed by atoms with Crippen molar-refractivity contribution in [3.8, 4) is 22.3 Å². The van der Waals surface area contributed by atoms with Gasteiger partial charge in [0, 0.05) is 38.5 Å². The molecule has 0 aliphatic rings. The Hall–Kier alpha value is -6.64. The average Bonchev–Trinajstić information content (AvgIpc) is 3.59. The van der Waals surface area contributed by atoms with Crippen LogP contribution in [0.5, 0.6) is 0 Å². The summed E-state index contributed by atoms with van der Waals surface area (Å²) in [5.41, 5.74) is 9.76. The molecular weight excluding hydrogens is 607 g/mol. The number of hydrogen-bond donors (Lipinski definition) is 0. The monoisotopic (exact) mass is 637 g/mol. The number of rotatable bonds is 5. The molecule has 2 nitrogen and oxygen atoms in total. The van der Waals surface area contributed by atoms with Crippen molar-refractivity contribution in [1.29, 1.82) is 0 Å². The van der Waals surface area contributed by atoms with E-state index in [0.29, 0.717) is 0 Å². The van der Waals surface area contributed by atoms with Crippen LogP contribution in [-0.2, 0) is 0 Å². The predicted octanol–water partition coefficient (Wildman–Crippen LogP) is 13.8. The van der Waals surface area contributed by atoms with Crippen molar-refractivity contribution in [3.63, 3.8) is 0 Å². The molecule has 2 heteroatoms. The fraction of sp³-hybridized carbons (Fsp3) is 0. The molecule has 0 bridgehead atoms. The molecule has 0 saturated heterocycles. The molecule has 1 aromatic heterocycles. The standard InChI is InChI=1S/C48H31NO/c1-2-12-32(13-3-1)35-16-10-17-38(30-35)49(46-31-36-15-5-6-18-39(36)42-20-8-9-21-43(42)46)37-27-24-34(25-28-37)41-22-11-23-44-45-29-26-33-14-4-7-19-40(33)48(45)50-47(41)44/h1-31H. The molecule has 234 valence electrons. The van der Waals surface area contributed by atoms with Gasteiger partial charge in [0.1, 0.15) is 11.2 Å². The molecule has 0 aliphatic carbocycles. The lowest BCUT2D eigenvalue weighted by Crippen LogP contribution is -2.10. The second-order valence-corrected chi connectivity index (χ2v) is 12.9. The van der Waals surface area contributed by atoms with Crippen LogP contribution in [0.2, 0.25) is 0 Å². The number of para-hydroxylation sites is 1. The maximum atomic E-state index is 6.70. The summed E-state index contributed by atoms with van der Waals surface area (Å²) in [5, 5.41) is 9.52. The Bertz CT molecular complexity index is 2870. The van der Waals surface area contributed by atoms with Gasteiger partial charge in [0.25, 0.3) is 0 Å². The summed E-state index contributed by atoms with van der Waals surface area (Å²) in [5.74, 6) is 0. The first-order chi connectivity index (χ1) is 24.8. The molecule has 0 unspecified atom stereocenters. The van der Waals surface area contributed by atoms with Crippen LogP contribution in [0.3, 0.4) is 0 Å². The molecule has 0 amide bonds. The van der Waals surface area contributed by atoms with Crippen LogP contribution >= 0.6 is 0 Å². The number of nitrogens with zero attached hydrogens (tertiary/aromatic N) is 1. The molecule has 0 atom stereocenters. The number of fused-ring (bicyclic) bond motifs is 8. The summed E-state index contributed by atoms with van der Waals surface area (Å²) < 4.78 is 6.70. The molecule has 1 heterocycles. The fourth-order valence-electron chi connectivity index (χ4n) is 7.65. The average molecular weight is 638 g/mol. The van der Waals surface area contributed by atoms with Crippen LogP contribution in [0.25, 0.3) is 76.5 Å². The predicted molar refractivity (Wildman–Crippen MR) is 212 cm³/mol. The third-order valence-electron chi connectivity index (χ3n) is 10.0. The summed E-state index contributed by atoms with van der Waals surface area (Å²) in [6.45, 7) is 0. The first-order valence-electron chi connectivity index (χ1n) is 17.1. The second kappa shape index (κ2) is 11.5. The van der Waals surface area contributed by atoms with Crippen LogP contribution in [-0.4, -0.2) is 0 Å². The van der Waals surface area contributed by atoms with Crippen molar-refractivity contribution >= 4 is 71.3 Å². The maximum Gasteiger partial charge on any atom is 0.143 e. The number of furan rings is 1. The van der Waals surface area contributed by atoms with Gasteiger partial charge < -0.3 is 9.32 Å². The number of benzene rings is 9. The normalized spacial score (nSPS) is 11.6. The van der Waals surface area contributed by atoms with E-state index in [2.05, 4.69) is 193 Å².